The molecule has 19 heavy (non-hydrogen) atoms. The molecule has 0 bridgehead atoms. The SMILES string of the molecule is CCCCC(CC)COc1c(C)cc(CCl)cc1C. The highest BCUT2D eigenvalue weighted by Gasteiger charge is 2.10. The minimum atomic E-state index is 0.566. The molecular formula is C17H27ClO. The minimum Gasteiger partial charge on any atom is -0.493 e. The van der Waals surface area contributed by atoms with Crippen LogP contribution in [0.25, 0.3) is 0 Å². The predicted molar refractivity (Wildman–Crippen MR) is 84.3 cm³/mol. The zero-order chi connectivity index (χ0) is 14.3. The molecule has 1 rings (SSSR count). The summed E-state index contributed by atoms with van der Waals surface area (Å²) in [4.78, 5) is 0. The maximum absolute atomic E-state index is 6.07. The van der Waals surface area contributed by atoms with Gasteiger partial charge >= 0.3 is 0 Å². The van der Waals surface area contributed by atoms with Crippen molar-refractivity contribution in [1.29, 1.82) is 0 Å². The monoisotopic (exact) mass is 282 g/mol. The lowest BCUT2D eigenvalue weighted by atomic mass is 10.0. The van der Waals surface area contributed by atoms with Crippen molar-refractivity contribution in [1.82, 2.24) is 0 Å². The lowest BCUT2D eigenvalue weighted by Crippen LogP contribution is -2.12. The van der Waals surface area contributed by atoms with Crippen molar-refractivity contribution >= 4 is 11.6 Å². The van der Waals surface area contributed by atoms with Crippen LogP contribution in [0.1, 0.15) is 56.2 Å². The Balaban J connectivity index is 2.66. The van der Waals surface area contributed by atoms with Gasteiger partial charge in [-0.15, -0.1) is 11.6 Å². The fraction of sp³-hybridized carbons (Fsp3) is 0.647. The molecular weight excluding hydrogens is 256 g/mol. The molecule has 0 spiro atoms. The first-order chi connectivity index (χ1) is 9.12. The largest absolute Gasteiger partial charge is 0.493 e. The third-order valence-electron chi connectivity index (χ3n) is 3.68. The summed E-state index contributed by atoms with van der Waals surface area (Å²) >= 11 is 5.89. The predicted octanol–water partition coefficient (Wildman–Crippen LogP) is 5.64. The molecule has 0 aromatic heterocycles. The van der Waals surface area contributed by atoms with Crippen LogP contribution in [0, 0.1) is 19.8 Å². The van der Waals surface area contributed by atoms with Gasteiger partial charge in [-0.25, -0.2) is 0 Å². The Hall–Kier alpha value is -0.690. The molecule has 1 aromatic carbocycles. The average molecular weight is 283 g/mol. The number of ether oxygens (including phenoxy) is 1. The van der Waals surface area contributed by atoms with Crippen molar-refractivity contribution in [2.75, 3.05) is 6.61 Å². The van der Waals surface area contributed by atoms with Gasteiger partial charge in [0.15, 0.2) is 0 Å². The van der Waals surface area contributed by atoms with Gasteiger partial charge < -0.3 is 4.74 Å². The van der Waals surface area contributed by atoms with E-state index in [0.29, 0.717) is 11.8 Å². The number of benzene rings is 1. The molecule has 1 atom stereocenters. The van der Waals surface area contributed by atoms with Crippen molar-refractivity contribution < 1.29 is 4.74 Å². The van der Waals surface area contributed by atoms with Gasteiger partial charge in [0.05, 0.1) is 6.61 Å². The lowest BCUT2D eigenvalue weighted by molar-refractivity contribution is 0.231. The molecule has 0 saturated heterocycles. The summed E-state index contributed by atoms with van der Waals surface area (Å²) in [6.07, 6.45) is 5.02. The van der Waals surface area contributed by atoms with Crippen LogP contribution < -0.4 is 4.74 Å². The highest BCUT2D eigenvalue weighted by Crippen LogP contribution is 2.27. The summed E-state index contributed by atoms with van der Waals surface area (Å²) in [6.45, 7) is 9.53. The molecule has 1 aromatic rings. The molecule has 0 radical (unpaired) electrons. The van der Waals surface area contributed by atoms with Crippen LogP contribution in [0.3, 0.4) is 0 Å². The second-order valence-electron chi connectivity index (χ2n) is 5.42. The quantitative estimate of drug-likeness (QED) is 0.561. The summed E-state index contributed by atoms with van der Waals surface area (Å²) in [6, 6.07) is 4.25. The van der Waals surface area contributed by atoms with Crippen LogP contribution in [-0.2, 0) is 5.88 Å². The Bertz CT molecular complexity index is 364. The van der Waals surface area contributed by atoms with Gasteiger partial charge in [0.25, 0.3) is 0 Å². The molecule has 0 aliphatic rings. The lowest BCUT2D eigenvalue weighted by Gasteiger charge is -2.18. The molecule has 2 heteroatoms. The highest BCUT2D eigenvalue weighted by molar-refractivity contribution is 6.17. The van der Waals surface area contributed by atoms with Crippen LogP contribution in [0.15, 0.2) is 12.1 Å². The Morgan fingerprint density at radius 3 is 2.26 bits per heavy atom. The van der Waals surface area contributed by atoms with E-state index in [1.807, 2.05) is 0 Å². The molecule has 1 nitrogen and oxygen atoms in total. The third kappa shape index (κ3) is 5.06. The number of rotatable bonds is 8. The van der Waals surface area contributed by atoms with Crippen LogP contribution in [-0.4, -0.2) is 6.61 Å². The minimum absolute atomic E-state index is 0.566. The Morgan fingerprint density at radius 2 is 1.79 bits per heavy atom. The van der Waals surface area contributed by atoms with Gasteiger partial charge in [0.1, 0.15) is 5.75 Å². The van der Waals surface area contributed by atoms with Crippen LogP contribution >= 0.6 is 11.6 Å². The van der Waals surface area contributed by atoms with Crippen molar-refractivity contribution in [3.63, 3.8) is 0 Å². The molecule has 0 N–H and O–H groups in total. The second-order valence-corrected chi connectivity index (χ2v) is 5.69. The van der Waals surface area contributed by atoms with Crippen molar-refractivity contribution in [2.45, 2.75) is 59.3 Å². The number of alkyl halides is 1. The zero-order valence-electron chi connectivity index (χ0n) is 12.8. The van der Waals surface area contributed by atoms with E-state index in [1.165, 1.54) is 42.4 Å². The van der Waals surface area contributed by atoms with Crippen molar-refractivity contribution in [3.8, 4) is 5.75 Å². The maximum Gasteiger partial charge on any atom is 0.125 e. The fourth-order valence-corrected chi connectivity index (χ4v) is 2.60. The molecule has 0 fully saturated rings. The van der Waals surface area contributed by atoms with E-state index in [4.69, 9.17) is 16.3 Å². The first-order valence-corrected chi connectivity index (χ1v) is 7.94. The van der Waals surface area contributed by atoms with E-state index in [9.17, 15) is 0 Å². The summed E-state index contributed by atoms with van der Waals surface area (Å²) in [5, 5.41) is 0. The highest BCUT2D eigenvalue weighted by atomic mass is 35.5. The first kappa shape index (κ1) is 16.4. The van der Waals surface area contributed by atoms with E-state index in [-0.39, 0.29) is 0 Å². The van der Waals surface area contributed by atoms with Gasteiger partial charge in [-0.05, 0) is 42.9 Å². The molecule has 1 unspecified atom stereocenters. The molecule has 0 saturated carbocycles. The average Bonchev–Trinajstić information content (AvgIpc) is 2.40. The van der Waals surface area contributed by atoms with E-state index in [1.54, 1.807) is 0 Å². The summed E-state index contributed by atoms with van der Waals surface area (Å²) in [5.41, 5.74) is 3.56. The fourth-order valence-electron chi connectivity index (χ4n) is 2.44. The van der Waals surface area contributed by atoms with Gasteiger partial charge in [-0.3, -0.25) is 0 Å². The van der Waals surface area contributed by atoms with E-state index in [2.05, 4.69) is 39.8 Å². The van der Waals surface area contributed by atoms with Gasteiger partial charge in [0.2, 0.25) is 0 Å². The first-order valence-electron chi connectivity index (χ1n) is 7.41. The molecule has 0 heterocycles. The second kappa shape index (κ2) is 8.47. The Kier molecular flexibility index (Phi) is 7.30. The maximum atomic E-state index is 6.07. The molecule has 108 valence electrons. The van der Waals surface area contributed by atoms with Crippen LogP contribution in [0.5, 0.6) is 5.75 Å². The Labute approximate surface area is 123 Å². The van der Waals surface area contributed by atoms with Gasteiger partial charge in [-0.1, -0.05) is 45.2 Å². The molecule has 0 aliphatic carbocycles. The van der Waals surface area contributed by atoms with E-state index < -0.39 is 0 Å². The number of hydrogen-bond donors (Lipinski definition) is 0. The van der Waals surface area contributed by atoms with Gasteiger partial charge in [0, 0.05) is 5.88 Å². The smallest absolute Gasteiger partial charge is 0.125 e. The summed E-state index contributed by atoms with van der Waals surface area (Å²) in [5.74, 6) is 2.28. The van der Waals surface area contributed by atoms with Crippen LogP contribution in [0.2, 0.25) is 0 Å². The van der Waals surface area contributed by atoms with E-state index >= 15 is 0 Å². The third-order valence-corrected chi connectivity index (χ3v) is 3.99. The standard InChI is InChI=1S/C17H27ClO/c1-5-7-8-15(6-2)12-19-17-13(3)9-16(11-18)10-14(17)4/h9-10,15H,5-8,11-12H2,1-4H3. The number of aryl methyl sites for hydroxylation is 2. The summed E-state index contributed by atoms with van der Waals surface area (Å²) in [7, 11) is 0. The summed E-state index contributed by atoms with van der Waals surface area (Å²) < 4.78 is 6.07. The Morgan fingerprint density at radius 1 is 1.16 bits per heavy atom. The number of unbranched alkanes of at least 4 members (excludes halogenated alkanes) is 1. The molecule has 0 amide bonds. The topological polar surface area (TPSA) is 9.23 Å². The molecule has 0 aliphatic heterocycles. The van der Waals surface area contributed by atoms with Crippen molar-refractivity contribution in [2.24, 2.45) is 5.92 Å². The van der Waals surface area contributed by atoms with Crippen molar-refractivity contribution in [3.05, 3.63) is 28.8 Å². The normalized spacial score (nSPS) is 12.5. The number of hydrogen-bond acceptors (Lipinski definition) is 1. The number of halogens is 1. The zero-order valence-corrected chi connectivity index (χ0v) is 13.5. The van der Waals surface area contributed by atoms with Crippen LogP contribution in [0.4, 0.5) is 0 Å². The van der Waals surface area contributed by atoms with Gasteiger partial charge in [-0.2, -0.15) is 0 Å². The van der Waals surface area contributed by atoms with E-state index in [0.717, 1.165) is 12.4 Å².